The molecule has 2 heterocycles. The minimum absolute atomic E-state index is 0.109. The number of carbonyl (C=O) groups is 1. The number of nitrogens with one attached hydrogen (secondary N) is 1. The number of amides is 1. The predicted octanol–water partition coefficient (Wildman–Crippen LogP) is 3.64. The Morgan fingerprint density at radius 3 is 2.80 bits per heavy atom. The summed E-state index contributed by atoms with van der Waals surface area (Å²) < 4.78 is 1.91. The third-order valence-corrected chi connectivity index (χ3v) is 5.59. The van der Waals surface area contributed by atoms with Gasteiger partial charge in [-0.15, -0.1) is 21.5 Å². The Morgan fingerprint density at radius 1 is 1.36 bits per heavy atom. The fourth-order valence-corrected chi connectivity index (χ4v) is 3.58. The lowest BCUT2D eigenvalue weighted by Crippen LogP contribution is -2.22. The summed E-state index contributed by atoms with van der Waals surface area (Å²) in [5.74, 6) is 0.722. The van der Waals surface area contributed by atoms with E-state index in [1.807, 2.05) is 48.2 Å². The molecule has 0 unspecified atom stereocenters. The van der Waals surface area contributed by atoms with Gasteiger partial charge in [-0.1, -0.05) is 35.5 Å². The van der Waals surface area contributed by atoms with Crippen molar-refractivity contribution in [1.82, 2.24) is 19.7 Å². The molecule has 0 aliphatic carbocycles. The van der Waals surface area contributed by atoms with Gasteiger partial charge < -0.3 is 9.88 Å². The average molecular weight is 394 g/mol. The lowest BCUT2D eigenvalue weighted by molar-refractivity contribution is -0.115. The van der Waals surface area contributed by atoms with E-state index in [-0.39, 0.29) is 11.2 Å². The molecule has 1 N–H and O–H groups in total. The van der Waals surface area contributed by atoms with Gasteiger partial charge in [0.1, 0.15) is 5.82 Å². The van der Waals surface area contributed by atoms with Crippen LogP contribution in [0, 0.1) is 0 Å². The van der Waals surface area contributed by atoms with E-state index < -0.39 is 0 Å². The average Bonchev–Trinajstić information content (AvgIpc) is 3.22. The Kier molecular flexibility index (Phi) is 5.72. The first kappa shape index (κ1) is 17.9. The Hall–Kier alpha value is -1.90. The molecule has 0 saturated carbocycles. The molecule has 0 saturated heterocycles. The first-order chi connectivity index (χ1) is 12.0. The van der Waals surface area contributed by atoms with Crippen molar-refractivity contribution in [2.45, 2.75) is 23.8 Å². The number of nitrogens with zero attached hydrogens (tertiary/aromatic N) is 4. The smallest absolute Gasteiger partial charge is 0.239 e. The largest absolute Gasteiger partial charge is 0.309 e. The number of thiazole rings is 1. The zero-order valence-electron chi connectivity index (χ0n) is 13.6. The van der Waals surface area contributed by atoms with E-state index in [4.69, 9.17) is 11.6 Å². The third-order valence-electron chi connectivity index (χ3n) is 3.51. The van der Waals surface area contributed by atoms with E-state index in [0.29, 0.717) is 21.7 Å². The normalized spacial score (nSPS) is 12.1. The third kappa shape index (κ3) is 4.59. The number of carbonyl (C=O) groups excluding carboxylic acids is 1. The number of anilines is 1. The predicted molar refractivity (Wildman–Crippen MR) is 101 cm³/mol. The van der Waals surface area contributed by atoms with E-state index in [2.05, 4.69) is 20.5 Å². The number of hydrogen-bond donors (Lipinski definition) is 1. The summed E-state index contributed by atoms with van der Waals surface area (Å²) in [6.07, 6.45) is 2.31. The quantitative estimate of drug-likeness (QED) is 0.647. The van der Waals surface area contributed by atoms with E-state index >= 15 is 0 Å². The van der Waals surface area contributed by atoms with Crippen molar-refractivity contribution in [3.05, 3.63) is 52.3 Å². The van der Waals surface area contributed by atoms with Crippen LogP contribution in [0.15, 0.2) is 41.0 Å². The van der Waals surface area contributed by atoms with Crippen LogP contribution in [0.5, 0.6) is 0 Å². The monoisotopic (exact) mass is 393 g/mol. The van der Waals surface area contributed by atoms with Crippen molar-refractivity contribution in [3.8, 4) is 0 Å². The van der Waals surface area contributed by atoms with Gasteiger partial charge in [0.25, 0.3) is 0 Å². The summed E-state index contributed by atoms with van der Waals surface area (Å²) in [5, 5.41) is 14.7. The SMILES string of the molecule is C[C@H](Sc1nnc(Cc2ccc(Cl)cc2)n1C)C(=O)Nc1nccs1. The van der Waals surface area contributed by atoms with Crippen LogP contribution in [0.2, 0.25) is 5.02 Å². The molecule has 130 valence electrons. The maximum Gasteiger partial charge on any atom is 0.239 e. The summed E-state index contributed by atoms with van der Waals surface area (Å²) in [5.41, 5.74) is 1.10. The summed E-state index contributed by atoms with van der Waals surface area (Å²) in [6, 6.07) is 7.64. The fourth-order valence-electron chi connectivity index (χ4n) is 2.09. The summed E-state index contributed by atoms with van der Waals surface area (Å²) in [6.45, 7) is 1.83. The molecule has 25 heavy (non-hydrogen) atoms. The highest BCUT2D eigenvalue weighted by Crippen LogP contribution is 2.24. The molecule has 3 rings (SSSR count). The lowest BCUT2D eigenvalue weighted by atomic mass is 10.1. The molecule has 0 aliphatic heterocycles. The number of benzene rings is 1. The standard InChI is InChI=1S/C16H16ClN5OS2/c1-10(14(23)19-15-18-7-8-24-15)25-16-21-20-13(22(16)2)9-11-3-5-12(17)6-4-11/h3-8,10H,9H2,1-2H3,(H,18,19,23)/t10-/m0/s1. The van der Waals surface area contributed by atoms with Crippen LogP contribution in [-0.2, 0) is 18.3 Å². The molecule has 3 aromatic rings. The van der Waals surface area contributed by atoms with E-state index in [0.717, 1.165) is 11.4 Å². The van der Waals surface area contributed by atoms with Crippen molar-refractivity contribution < 1.29 is 4.79 Å². The van der Waals surface area contributed by atoms with Gasteiger partial charge >= 0.3 is 0 Å². The second kappa shape index (κ2) is 7.99. The zero-order chi connectivity index (χ0) is 17.8. The molecule has 2 aromatic heterocycles. The first-order valence-corrected chi connectivity index (χ1v) is 9.66. The van der Waals surface area contributed by atoms with Gasteiger partial charge in [-0.25, -0.2) is 4.98 Å². The molecule has 0 radical (unpaired) electrons. The molecule has 0 spiro atoms. The second-order valence-electron chi connectivity index (χ2n) is 5.35. The molecule has 0 aliphatic rings. The molecule has 6 nitrogen and oxygen atoms in total. The number of rotatable bonds is 6. The second-order valence-corrected chi connectivity index (χ2v) is 7.99. The minimum Gasteiger partial charge on any atom is -0.309 e. The molecular weight excluding hydrogens is 378 g/mol. The highest BCUT2D eigenvalue weighted by atomic mass is 35.5. The van der Waals surface area contributed by atoms with Gasteiger partial charge in [0.2, 0.25) is 5.91 Å². The topological polar surface area (TPSA) is 72.7 Å². The molecule has 1 aromatic carbocycles. The summed E-state index contributed by atoms with van der Waals surface area (Å²) in [7, 11) is 1.90. The van der Waals surface area contributed by atoms with E-state index in [9.17, 15) is 4.79 Å². The van der Waals surface area contributed by atoms with Crippen molar-refractivity contribution >= 4 is 45.7 Å². The van der Waals surface area contributed by atoms with Gasteiger partial charge in [0.05, 0.1) is 5.25 Å². The van der Waals surface area contributed by atoms with E-state index in [1.165, 1.54) is 23.1 Å². The van der Waals surface area contributed by atoms with Crippen LogP contribution >= 0.6 is 34.7 Å². The Labute approximate surface area is 158 Å². The Morgan fingerprint density at radius 2 is 2.12 bits per heavy atom. The molecule has 9 heteroatoms. The summed E-state index contributed by atoms with van der Waals surface area (Å²) in [4.78, 5) is 16.3. The van der Waals surface area contributed by atoms with Crippen molar-refractivity contribution in [2.24, 2.45) is 7.05 Å². The molecule has 1 amide bonds. The zero-order valence-corrected chi connectivity index (χ0v) is 16.0. The highest BCUT2D eigenvalue weighted by Gasteiger charge is 2.19. The van der Waals surface area contributed by atoms with Crippen LogP contribution in [0.1, 0.15) is 18.3 Å². The van der Waals surface area contributed by atoms with Gasteiger partial charge in [-0.2, -0.15) is 0 Å². The van der Waals surface area contributed by atoms with Crippen molar-refractivity contribution in [2.75, 3.05) is 5.32 Å². The van der Waals surface area contributed by atoms with Crippen LogP contribution < -0.4 is 5.32 Å². The Balaban J connectivity index is 1.64. The maximum atomic E-state index is 12.2. The van der Waals surface area contributed by atoms with Crippen LogP contribution in [-0.4, -0.2) is 30.9 Å². The molecule has 0 bridgehead atoms. The lowest BCUT2D eigenvalue weighted by Gasteiger charge is -2.10. The van der Waals surface area contributed by atoms with E-state index in [1.54, 1.807) is 6.20 Å². The molecule has 1 atom stereocenters. The van der Waals surface area contributed by atoms with Crippen LogP contribution in [0.25, 0.3) is 0 Å². The Bertz CT molecular complexity index is 848. The molecule has 0 fully saturated rings. The fraction of sp³-hybridized carbons (Fsp3) is 0.250. The van der Waals surface area contributed by atoms with Crippen LogP contribution in [0.4, 0.5) is 5.13 Å². The number of thioether (sulfide) groups is 1. The number of halogens is 1. The number of hydrogen-bond acceptors (Lipinski definition) is 6. The summed E-state index contributed by atoms with van der Waals surface area (Å²) >= 11 is 8.67. The highest BCUT2D eigenvalue weighted by molar-refractivity contribution is 8.00. The van der Waals surface area contributed by atoms with Crippen molar-refractivity contribution in [3.63, 3.8) is 0 Å². The number of aromatic nitrogens is 4. The van der Waals surface area contributed by atoms with Crippen LogP contribution in [0.3, 0.4) is 0 Å². The first-order valence-electron chi connectivity index (χ1n) is 7.52. The van der Waals surface area contributed by atoms with Gasteiger partial charge in [0.15, 0.2) is 10.3 Å². The van der Waals surface area contributed by atoms with Crippen molar-refractivity contribution in [1.29, 1.82) is 0 Å². The molecular formula is C16H16ClN5OS2. The minimum atomic E-state index is -0.310. The van der Waals surface area contributed by atoms with Gasteiger partial charge in [0, 0.05) is 30.1 Å². The van der Waals surface area contributed by atoms with Gasteiger partial charge in [-0.3, -0.25) is 4.79 Å². The van der Waals surface area contributed by atoms with Gasteiger partial charge in [-0.05, 0) is 24.6 Å². The maximum absolute atomic E-state index is 12.2.